The van der Waals surface area contributed by atoms with Gasteiger partial charge in [0, 0.05) is 13.7 Å². The molecule has 0 saturated heterocycles. The number of aliphatic hydroxyl groups excluding tert-OH is 3. The molecule has 0 rings (SSSR count). The second kappa shape index (κ2) is 5.66. The van der Waals surface area contributed by atoms with Crippen molar-refractivity contribution in [2.24, 2.45) is 0 Å². The molecule has 0 radical (unpaired) electrons. The normalized spacial score (nSPS) is 18.8. The van der Waals surface area contributed by atoms with Crippen molar-refractivity contribution in [1.82, 2.24) is 0 Å². The minimum atomic E-state index is -1.97. The minimum absolute atomic E-state index is 0.0781. The van der Waals surface area contributed by atoms with Crippen LogP contribution in [-0.4, -0.2) is 50.1 Å². The van der Waals surface area contributed by atoms with Gasteiger partial charge in [-0.05, 0) is 18.6 Å². The lowest BCUT2D eigenvalue weighted by Crippen LogP contribution is -2.38. The van der Waals surface area contributed by atoms with Crippen LogP contribution in [0.15, 0.2) is 0 Å². The molecule has 0 fully saturated rings. The van der Waals surface area contributed by atoms with Crippen LogP contribution < -0.4 is 0 Å². The van der Waals surface area contributed by atoms with Crippen molar-refractivity contribution in [2.75, 3.05) is 20.3 Å². The summed E-state index contributed by atoms with van der Waals surface area (Å²) in [6.45, 7) is 1.77. The van der Waals surface area contributed by atoms with E-state index in [1.165, 1.54) is 0 Å². The highest BCUT2D eigenvalue weighted by Gasteiger charge is 2.29. The third-order valence-electron chi connectivity index (χ3n) is 2.01. The molecule has 2 unspecified atom stereocenters. The second-order valence-electron chi connectivity index (χ2n) is 3.17. The van der Waals surface area contributed by atoms with Crippen molar-refractivity contribution >= 4 is 8.32 Å². The molecule has 0 aliphatic rings. The fraction of sp³-hybridized carbons (Fsp3) is 1.00. The van der Waals surface area contributed by atoms with E-state index in [0.717, 1.165) is 0 Å². The molecule has 3 N–H and O–H groups in total. The topological polar surface area (TPSA) is 69.9 Å². The van der Waals surface area contributed by atoms with E-state index in [-0.39, 0.29) is 13.2 Å². The fourth-order valence-corrected chi connectivity index (χ4v) is 3.26. The molecule has 0 spiro atoms. The maximum atomic E-state index is 9.17. The molecule has 12 heavy (non-hydrogen) atoms. The summed E-state index contributed by atoms with van der Waals surface area (Å²) < 4.78 is 5.26. The summed E-state index contributed by atoms with van der Waals surface area (Å²) >= 11 is 0. The monoisotopic (exact) mass is 194 g/mol. The van der Waals surface area contributed by atoms with Gasteiger partial charge in [0.05, 0.1) is 12.7 Å². The van der Waals surface area contributed by atoms with Crippen LogP contribution in [-0.2, 0) is 4.43 Å². The Hall–Kier alpha value is 0.0569. The first kappa shape index (κ1) is 12.1. The van der Waals surface area contributed by atoms with E-state index < -0.39 is 14.4 Å². The average Bonchev–Trinajstić information content (AvgIpc) is 2.05. The molecule has 2 atom stereocenters. The molecular formula is C7H18O4Si. The summed E-state index contributed by atoms with van der Waals surface area (Å²) in [6.07, 6.45) is -0.715. The lowest BCUT2D eigenvalue weighted by molar-refractivity contribution is 0.105. The van der Waals surface area contributed by atoms with E-state index >= 15 is 0 Å². The Morgan fingerprint density at radius 2 is 2.00 bits per heavy atom. The van der Waals surface area contributed by atoms with Crippen LogP contribution in [0.4, 0.5) is 0 Å². The lowest BCUT2D eigenvalue weighted by atomic mass is 10.4. The standard InChI is InChI=1S/C7H18O4Si/c1-11-12(2,4-3-8)6-7(10)5-9/h7-10H,3-6H2,1-2H3. The zero-order valence-corrected chi connectivity index (χ0v) is 8.66. The third kappa shape index (κ3) is 4.17. The average molecular weight is 194 g/mol. The van der Waals surface area contributed by atoms with Gasteiger partial charge in [-0.25, -0.2) is 0 Å². The van der Waals surface area contributed by atoms with Crippen LogP contribution >= 0.6 is 0 Å². The Labute approximate surface area is 73.9 Å². The predicted octanol–water partition coefficient (Wildman–Crippen LogP) is -0.446. The van der Waals surface area contributed by atoms with E-state index in [0.29, 0.717) is 12.1 Å². The van der Waals surface area contributed by atoms with Crippen molar-refractivity contribution in [3.8, 4) is 0 Å². The van der Waals surface area contributed by atoms with Gasteiger partial charge < -0.3 is 19.7 Å². The largest absolute Gasteiger partial charge is 0.420 e. The first-order valence-corrected chi connectivity index (χ1v) is 6.85. The molecule has 0 aliphatic carbocycles. The van der Waals surface area contributed by atoms with Crippen molar-refractivity contribution in [1.29, 1.82) is 0 Å². The summed E-state index contributed by atoms with van der Waals surface area (Å²) in [7, 11) is -0.378. The van der Waals surface area contributed by atoms with Gasteiger partial charge in [0.2, 0.25) is 0 Å². The van der Waals surface area contributed by atoms with E-state index in [4.69, 9.17) is 14.6 Å². The summed E-state index contributed by atoms with van der Waals surface area (Å²) in [6, 6.07) is 1.07. The quantitative estimate of drug-likeness (QED) is 0.501. The van der Waals surface area contributed by atoms with Crippen LogP contribution in [0.1, 0.15) is 0 Å². The Kier molecular flexibility index (Phi) is 5.69. The molecule has 0 bridgehead atoms. The van der Waals surface area contributed by atoms with Crippen molar-refractivity contribution in [3.05, 3.63) is 0 Å². The smallest absolute Gasteiger partial charge is 0.194 e. The van der Waals surface area contributed by atoms with Gasteiger partial charge in [0.15, 0.2) is 8.32 Å². The molecule has 0 amide bonds. The van der Waals surface area contributed by atoms with Gasteiger partial charge in [0.25, 0.3) is 0 Å². The van der Waals surface area contributed by atoms with E-state index in [1.807, 2.05) is 6.55 Å². The van der Waals surface area contributed by atoms with Crippen molar-refractivity contribution < 1.29 is 19.7 Å². The molecule has 4 nitrogen and oxygen atoms in total. The lowest BCUT2D eigenvalue weighted by Gasteiger charge is -2.26. The van der Waals surface area contributed by atoms with Gasteiger partial charge in [0.1, 0.15) is 0 Å². The maximum Gasteiger partial charge on any atom is 0.194 e. The fourth-order valence-electron chi connectivity index (χ4n) is 1.09. The van der Waals surface area contributed by atoms with Crippen LogP contribution in [0.25, 0.3) is 0 Å². The predicted molar refractivity (Wildman–Crippen MR) is 48.4 cm³/mol. The SMILES string of the molecule is CO[Si](C)(CCO)CC(O)CO. The highest BCUT2D eigenvalue weighted by atomic mass is 28.4. The molecular weight excluding hydrogens is 176 g/mol. The molecule has 0 saturated carbocycles. The Bertz CT molecular complexity index is 122. The van der Waals surface area contributed by atoms with E-state index in [1.54, 1.807) is 7.11 Å². The molecule has 74 valence electrons. The van der Waals surface area contributed by atoms with Gasteiger partial charge in [-0.1, -0.05) is 0 Å². The molecule has 0 aliphatic heterocycles. The van der Waals surface area contributed by atoms with E-state index in [9.17, 15) is 5.11 Å². The highest BCUT2D eigenvalue weighted by Crippen LogP contribution is 2.17. The van der Waals surface area contributed by atoms with Crippen LogP contribution in [0, 0.1) is 0 Å². The molecule has 0 aromatic carbocycles. The number of hydrogen-bond donors (Lipinski definition) is 3. The number of aliphatic hydroxyl groups is 3. The van der Waals surface area contributed by atoms with Gasteiger partial charge in [-0.15, -0.1) is 0 Å². The number of rotatable bonds is 6. The second-order valence-corrected chi connectivity index (χ2v) is 7.38. The highest BCUT2D eigenvalue weighted by molar-refractivity contribution is 6.72. The Morgan fingerprint density at radius 1 is 1.42 bits per heavy atom. The summed E-state index contributed by atoms with van der Waals surface area (Å²) in [4.78, 5) is 0. The maximum absolute atomic E-state index is 9.17. The van der Waals surface area contributed by atoms with Crippen molar-refractivity contribution in [3.63, 3.8) is 0 Å². The first-order chi connectivity index (χ1) is 5.58. The van der Waals surface area contributed by atoms with Crippen LogP contribution in [0.2, 0.25) is 18.6 Å². The molecule has 5 heteroatoms. The van der Waals surface area contributed by atoms with Crippen molar-refractivity contribution in [2.45, 2.75) is 24.7 Å². The number of hydrogen-bond acceptors (Lipinski definition) is 4. The van der Waals surface area contributed by atoms with Gasteiger partial charge >= 0.3 is 0 Å². The summed E-state index contributed by atoms with van der Waals surface area (Å²) in [5, 5.41) is 26.5. The minimum Gasteiger partial charge on any atom is -0.420 e. The summed E-state index contributed by atoms with van der Waals surface area (Å²) in [5.41, 5.74) is 0. The van der Waals surface area contributed by atoms with E-state index in [2.05, 4.69) is 0 Å². The molecule has 0 heterocycles. The summed E-state index contributed by atoms with van der Waals surface area (Å²) in [5.74, 6) is 0. The third-order valence-corrected chi connectivity index (χ3v) is 5.61. The zero-order valence-electron chi connectivity index (χ0n) is 7.66. The Morgan fingerprint density at radius 3 is 2.33 bits per heavy atom. The zero-order chi connectivity index (χ0) is 9.61. The van der Waals surface area contributed by atoms with Crippen LogP contribution in [0.5, 0.6) is 0 Å². The van der Waals surface area contributed by atoms with Crippen LogP contribution in [0.3, 0.4) is 0 Å². The molecule has 0 aromatic rings. The van der Waals surface area contributed by atoms with Gasteiger partial charge in [-0.2, -0.15) is 0 Å². The molecule has 0 aromatic heterocycles. The first-order valence-electron chi connectivity index (χ1n) is 4.03. The van der Waals surface area contributed by atoms with Gasteiger partial charge in [-0.3, -0.25) is 0 Å². The Balaban J connectivity index is 3.94.